The van der Waals surface area contributed by atoms with Gasteiger partial charge in [-0.1, -0.05) is 0 Å². The van der Waals surface area contributed by atoms with Crippen LogP contribution >= 0.6 is 0 Å². The molecule has 1 radical (unpaired) electrons. The van der Waals surface area contributed by atoms with E-state index in [9.17, 15) is 20.0 Å². The fourth-order valence-electron chi connectivity index (χ4n) is 1.45. The number of ketones is 2. The predicted octanol–water partition coefficient (Wildman–Crippen LogP) is -0.592. The van der Waals surface area contributed by atoms with E-state index in [1.54, 1.807) is 11.0 Å². The molecular weight excluding hydrogens is 356 g/mol. The average molecular weight is 370 g/mol. The second-order valence-electron chi connectivity index (χ2n) is 4.02. The molecule has 0 aromatic heterocycles. The third kappa shape index (κ3) is 6.81. The van der Waals surface area contributed by atoms with Gasteiger partial charge in [0.05, 0.1) is 23.3 Å². The monoisotopic (exact) mass is 369 g/mol. The van der Waals surface area contributed by atoms with Crippen molar-refractivity contribution in [2.75, 3.05) is 0 Å². The van der Waals surface area contributed by atoms with Crippen LogP contribution in [0.2, 0.25) is 0 Å². The van der Waals surface area contributed by atoms with Gasteiger partial charge in [-0.3, -0.25) is 9.59 Å². The quantitative estimate of drug-likeness (QED) is 0.377. The van der Waals surface area contributed by atoms with Crippen molar-refractivity contribution in [1.29, 1.82) is 0 Å². The van der Waals surface area contributed by atoms with Gasteiger partial charge in [-0.25, -0.2) is 0 Å². The molecule has 0 aromatic rings. The summed E-state index contributed by atoms with van der Waals surface area (Å²) in [5.74, 6) is -0.335. The molecule has 0 fully saturated rings. The standard InChI is InChI=1S/2C7H6NO3.Cu/c2*9-6-2-1-5(4-8-11)7(10)3-6;/h2*1-4,8,10H;/q2*-1;/p+2/b2*5-4-;. The molecule has 0 saturated heterocycles. The van der Waals surface area contributed by atoms with Crippen LogP contribution in [0, 0.1) is 10.4 Å². The molecule has 0 unspecified atom stereocenters. The van der Waals surface area contributed by atoms with Gasteiger partial charge in [-0.15, -0.1) is 0 Å². The van der Waals surface area contributed by atoms with Gasteiger partial charge in [0.1, 0.15) is 0 Å². The molecular formula is C14H14CuN2O6. The minimum Gasteiger partial charge on any atom is -0.761 e. The van der Waals surface area contributed by atoms with Gasteiger partial charge in [0, 0.05) is 29.5 Å². The summed E-state index contributed by atoms with van der Waals surface area (Å²) in [5.41, 5.74) is 3.93. The van der Waals surface area contributed by atoms with Crippen LogP contribution in [0.1, 0.15) is 0 Å². The molecule has 0 bridgehead atoms. The molecule has 0 aliphatic heterocycles. The predicted molar refractivity (Wildman–Crippen MR) is 80.9 cm³/mol. The first-order valence-corrected chi connectivity index (χ1v) is 5.95. The number of carbonyl (C=O) groups excluding carboxylic acids is 2. The number of nitrogens with one attached hydrogen (secondary N) is 2. The zero-order valence-corrected chi connectivity index (χ0v) is 12.5. The number of hydrogen-bond acceptors (Lipinski definition) is 6. The zero-order valence-electron chi connectivity index (χ0n) is 11.6. The first-order chi connectivity index (χ1) is 10.5. The van der Waals surface area contributed by atoms with Crippen molar-refractivity contribution < 1.29 is 36.9 Å². The summed E-state index contributed by atoms with van der Waals surface area (Å²) in [7, 11) is 0. The molecule has 0 heterocycles. The summed E-state index contributed by atoms with van der Waals surface area (Å²) < 4.78 is 0. The van der Waals surface area contributed by atoms with Crippen LogP contribution in [0.15, 0.2) is 71.5 Å². The van der Waals surface area contributed by atoms with E-state index in [2.05, 4.69) is 0 Å². The van der Waals surface area contributed by atoms with E-state index in [1.807, 2.05) is 0 Å². The summed E-state index contributed by atoms with van der Waals surface area (Å²) >= 11 is 0. The number of hydroxylamine groups is 2. The molecule has 0 saturated carbocycles. The van der Waals surface area contributed by atoms with Crippen molar-refractivity contribution in [1.82, 2.24) is 11.0 Å². The fourth-order valence-corrected chi connectivity index (χ4v) is 1.45. The van der Waals surface area contributed by atoms with Gasteiger partial charge in [-0.2, -0.15) is 0 Å². The molecule has 0 spiro atoms. The molecule has 8 nitrogen and oxygen atoms in total. The molecule has 0 amide bonds. The molecule has 2 aliphatic carbocycles. The Morgan fingerprint density at radius 1 is 0.783 bits per heavy atom. The molecule has 2 aliphatic rings. The van der Waals surface area contributed by atoms with E-state index in [0.717, 1.165) is 24.6 Å². The molecule has 6 N–H and O–H groups in total. The van der Waals surface area contributed by atoms with Gasteiger partial charge in [0.15, 0.2) is 11.6 Å². The molecule has 9 heteroatoms. The van der Waals surface area contributed by atoms with Crippen molar-refractivity contribution in [3.8, 4) is 0 Å². The largest absolute Gasteiger partial charge is 0.761 e. The topological polar surface area (TPSA) is 150 Å². The summed E-state index contributed by atoms with van der Waals surface area (Å²) in [4.78, 5) is 21.2. The Morgan fingerprint density at radius 3 is 1.39 bits per heavy atom. The van der Waals surface area contributed by atoms with E-state index in [0.29, 0.717) is 11.1 Å². The minimum atomic E-state index is -0.224. The number of allylic oxidation sites excluding steroid dienone is 6. The van der Waals surface area contributed by atoms with Crippen LogP contribution in [0.3, 0.4) is 0 Å². The third-order valence-corrected chi connectivity index (χ3v) is 2.48. The molecule has 23 heavy (non-hydrogen) atoms. The zero-order chi connectivity index (χ0) is 16.5. The fraction of sp³-hybridized carbons (Fsp3) is 0. The Morgan fingerprint density at radius 2 is 1.13 bits per heavy atom. The first-order valence-electron chi connectivity index (χ1n) is 5.95. The van der Waals surface area contributed by atoms with Crippen molar-refractivity contribution >= 4 is 11.6 Å². The van der Waals surface area contributed by atoms with Crippen LogP contribution in [0.4, 0.5) is 0 Å². The Bertz CT molecular complexity index is 588. The van der Waals surface area contributed by atoms with Gasteiger partial charge in [0.25, 0.3) is 11.5 Å². The smallest absolute Gasteiger partial charge is 0.266 e. The molecule has 0 atom stereocenters. The summed E-state index contributed by atoms with van der Waals surface area (Å²) in [6.45, 7) is 0. The van der Waals surface area contributed by atoms with Crippen LogP contribution < -0.4 is 11.0 Å². The van der Waals surface area contributed by atoms with Gasteiger partial charge in [-0.05, 0) is 24.3 Å². The van der Waals surface area contributed by atoms with E-state index >= 15 is 0 Å². The normalized spacial score (nSPS) is 19.4. The van der Waals surface area contributed by atoms with E-state index in [-0.39, 0.29) is 40.2 Å². The SMILES string of the molecule is O=C1C=C/C(=C/N[O-])C([OH2+])=C1.O=C1C=C/C(=C/N[O-])C([OH2+])=C1.[Cu]. The van der Waals surface area contributed by atoms with E-state index in [4.69, 9.17) is 10.2 Å². The third-order valence-electron chi connectivity index (χ3n) is 2.48. The van der Waals surface area contributed by atoms with Gasteiger partial charge < -0.3 is 31.6 Å². The minimum absolute atomic E-state index is 0. The Balaban J connectivity index is 0.000000403. The molecule has 0 aromatic carbocycles. The summed E-state index contributed by atoms with van der Waals surface area (Å²) in [6.07, 6.45) is 10.0. The van der Waals surface area contributed by atoms with E-state index < -0.39 is 0 Å². The Kier molecular flexibility index (Phi) is 9.05. The van der Waals surface area contributed by atoms with Gasteiger partial charge in [0.2, 0.25) is 0 Å². The number of rotatable bonds is 2. The molecule has 2 rings (SSSR count). The molecule has 127 valence electrons. The van der Waals surface area contributed by atoms with Crippen LogP contribution in [0.5, 0.6) is 0 Å². The van der Waals surface area contributed by atoms with Crippen molar-refractivity contribution in [2.24, 2.45) is 0 Å². The van der Waals surface area contributed by atoms with Crippen LogP contribution in [-0.2, 0) is 26.7 Å². The first kappa shape index (κ1) is 20.4. The number of hydrogen-bond donors (Lipinski definition) is 2. The summed E-state index contributed by atoms with van der Waals surface area (Å²) in [6, 6.07) is 0. The van der Waals surface area contributed by atoms with Crippen LogP contribution in [0.25, 0.3) is 0 Å². The Hall–Kier alpha value is -2.58. The number of carbonyl (C=O) groups is 2. The van der Waals surface area contributed by atoms with E-state index in [1.165, 1.54) is 24.3 Å². The van der Waals surface area contributed by atoms with Crippen molar-refractivity contribution in [3.05, 3.63) is 81.9 Å². The summed E-state index contributed by atoms with van der Waals surface area (Å²) in [5, 5.41) is 34.1. The second-order valence-corrected chi connectivity index (χ2v) is 4.02. The maximum Gasteiger partial charge on any atom is 0.266 e. The van der Waals surface area contributed by atoms with Gasteiger partial charge >= 0.3 is 0 Å². The second kappa shape index (κ2) is 10.2. The average Bonchev–Trinajstić information content (AvgIpc) is 2.46. The van der Waals surface area contributed by atoms with Crippen molar-refractivity contribution in [2.45, 2.75) is 0 Å². The maximum absolute atomic E-state index is 10.6. The van der Waals surface area contributed by atoms with Crippen molar-refractivity contribution in [3.63, 3.8) is 0 Å². The maximum atomic E-state index is 10.6. The Labute approximate surface area is 141 Å². The van der Waals surface area contributed by atoms with Crippen LogP contribution in [-0.4, -0.2) is 21.8 Å².